The molecule has 0 aromatic heterocycles. The Hall–Kier alpha value is -1.34. The molecule has 0 fully saturated rings. The van der Waals surface area contributed by atoms with E-state index >= 15 is 0 Å². The average Bonchev–Trinajstić information content (AvgIpc) is 2.84. The molecule has 2 rings (SSSR count). The number of nitrogens with one attached hydrogen (secondary N) is 1. The molecular weight excluding hydrogens is 284 g/mol. The van der Waals surface area contributed by atoms with Crippen molar-refractivity contribution in [2.75, 3.05) is 24.8 Å². The van der Waals surface area contributed by atoms with Crippen LogP contribution in [0.25, 0.3) is 0 Å². The highest BCUT2D eigenvalue weighted by Crippen LogP contribution is 2.34. The minimum Gasteiger partial charge on any atom is -0.758 e. The van der Waals surface area contributed by atoms with Gasteiger partial charge in [0.25, 0.3) is 0 Å². The van der Waals surface area contributed by atoms with Gasteiger partial charge >= 0.3 is 0 Å². The van der Waals surface area contributed by atoms with Crippen LogP contribution in [0.4, 0.5) is 5.69 Å². The molecule has 3 unspecified atom stereocenters. The maximum Gasteiger partial charge on any atom is 0.124 e. The lowest BCUT2D eigenvalue weighted by Crippen LogP contribution is -2.37. The molecule has 6 heteroatoms. The van der Waals surface area contributed by atoms with E-state index in [9.17, 15) is 15.4 Å². The minimum atomic E-state index is -0.642. The van der Waals surface area contributed by atoms with Gasteiger partial charge in [-0.2, -0.15) is 0 Å². The first-order valence-electron chi connectivity index (χ1n) is 7.76. The summed E-state index contributed by atoms with van der Waals surface area (Å²) in [5.41, 5.74) is 1.58. The molecule has 0 aliphatic carbocycles. The monoisotopic (exact) mass is 309 g/mol. The average molecular weight is 309 g/mol. The van der Waals surface area contributed by atoms with Gasteiger partial charge in [-0.25, -0.2) is 0 Å². The number of aliphatic hydroxyl groups excluding tert-OH is 2. The lowest BCUT2D eigenvalue weighted by atomic mass is 10.1. The van der Waals surface area contributed by atoms with Crippen LogP contribution in [-0.2, 0) is 6.42 Å². The Bertz CT molecular complexity index is 481. The van der Waals surface area contributed by atoms with Gasteiger partial charge in [0.1, 0.15) is 18.5 Å². The molecule has 124 valence electrons. The van der Waals surface area contributed by atoms with E-state index in [0.29, 0.717) is 37.4 Å². The van der Waals surface area contributed by atoms with Crippen molar-refractivity contribution in [3.05, 3.63) is 29.0 Å². The summed E-state index contributed by atoms with van der Waals surface area (Å²) in [5.74, 6) is 0.673. The minimum absolute atomic E-state index is 0.129. The van der Waals surface area contributed by atoms with Crippen LogP contribution in [-0.4, -0.2) is 48.2 Å². The Balaban J connectivity index is 1.79. The predicted octanol–water partition coefficient (Wildman–Crippen LogP) is 1.04. The van der Waals surface area contributed by atoms with Crippen molar-refractivity contribution in [1.82, 2.24) is 5.32 Å². The molecule has 1 aliphatic heterocycles. The highest BCUT2D eigenvalue weighted by molar-refractivity contribution is 5.63. The molecule has 0 amide bonds. The van der Waals surface area contributed by atoms with E-state index in [1.807, 2.05) is 13.0 Å². The number of rotatable bonds is 8. The van der Waals surface area contributed by atoms with Gasteiger partial charge < -0.3 is 30.5 Å². The molecule has 22 heavy (non-hydrogen) atoms. The van der Waals surface area contributed by atoms with Crippen LogP contribution in [0, 0.1) is 5.21 Å². The van der Waals surface area contributed by atoms with E-state index in [0.717, 1.165) is 10.6 Å². The SMILES string of the molecule is CC(O)CC(C)NCC(O)COc1cccc2c1CCN2[O-]. The van der Waals surface area contributed by atoms with Crippen molar-refractivity contribution in [2.45, 2.75) is 44.9 Å². The van der Waals surface area contributed by atoms with Gasteiger partial charge in [-0.05, 0) is 38.8 Å². The van der Waals surface area contributed by atoms with Crippen LogP contribution < -0.4 is 15.1 Å². The van der Waals surface area contributed by atoms with Gasteiger partial charge in [0, 0.05) is 30.4 Å². The van der Waals surface area contributed by atoms with E-state index in [4.69, 9.17) is 4.74 Å². The number of benzene rings is 1. The lowest BCUT2D eigenvalue weighted by Gasteiger charge is -2.25. The molecule has 1 aromatic rings. The predicted molar refractivity (Wildman–Crippen MR) is 86.1 cm³/mol. The molecule has 1 heterocycles. The third kappa shape index (κ3) is 4.58. The van der Waals surface area contributed by atoms with Crippen LogP contribution >= 0.6 is 0 Å². The second-order valence-electron chi connectivity index (χ2n) is 5.96. The van der Waals surface area contributed by atoms with Crippen molar-refractivity contribution in [1.29, 1.82) is 0 Å². The van der Waals surface area contributed by atoms with E-state index in [2.05, 4.69) is 5.32 Å². The van der Waals surface area contributed by atoms with E-state index in [1.54, 1.807) is 19.1 Å². The first kappa shape index (κ1) is 17.0. The van der Waals surface area contributed by atoms with Crippen molar-refractivity contribution in [2.24, 2.45) is 0 Å². The molecule has 0 spiro atoms. The molecule has 0 radical (unpaired) electrons. The third-order valence-electron chi connectivity index (χ3n) is 3.77. The molecule has 1 aromatic carbocycles. The number of fused-ring (bicyclic) bond motifs is 1. The Morgan fingerprint density at radius 1 is 1.36 bits per heavy atom. The van der Waals surface area contributed by atoms with E-state index in [1.165, 1.54) is 0 Å². The molecule has 3 atom stereocenters. The van der Waals surface area contributed by atoms with Gasteiger partial charge in [0.2, 0.25) is 0 Å². The highest BCUT2D eigenvalue weighted by Gasteiger charge is 2.17. The Labute approximate surface area is 131 Å². The first-order valence-corrected chi connectivity index (χ1v) is 7.76. The summed E-state index contributed by atoms with van der Waals surface area (Å²) in [7, 11) is 0. The highest BCUT2D eigenvalue weighted by atomic mass is 16.5. The topological polar surface area (TPSA) is 88.0 Å². The van der Waals surface area contributed by atoms with Crippen molar-refractivity contribution in [3.8, 4) is 5.75 Å². The van der Waals surface area contributed by atoms with Gasteiger partial charge in [0.05, 0.1) is 6.10 Å². The molecule has 0 bridgehead atoms. The summed E-state index contributed by atoms with van der Waals surface area (Å²) >= 11 is 0. The number of hydrogen-bond donors (Lipinski definition) is 3. The zero-order valence-electron chi connectivity index (χ0n) is 13.2. The molecule has 0 saturated carbocycles. The molecule has 6 nitrogen and oxygen atoms in total. The zero-order valence-corrected chi connectivity index (χ0v) is 13.2. The van der Waals surface area contributed by atoms with Crippen LogP contribution in [0.3, 0.4) is 0 Å². The van der Waals surface area contributed by atoms with Gasteiger partial charge in [-0.3, -0.25) is 0 Å². The number of aliphatic hydroxyl groups is 2. The Morgan fingerprint density at radius 3 is 2.86 bits per heavy atom. The normalized spacial score (nSPS) is 18.0. The second-order valence-corrected chi connectivity index (χ2v) is 5.96. The maximum atomic E-state index is 11.6. The fourth-order valence-corrected chi connectivity index (χ4v) is 2.69. The lowest BCUT2D eigenvalue weighted by molar-refractivity contribution is 0.0997. The van der Waals surface area contributed by atoms with Gasteiger partial charge in [0.15, 0.2) is 0 Å². The van der Waals surface area contributed by atoms with Crippen molar-refractivity contribution >= 4 is 5.69 Å². The van der Waals surface area contributed by atoms with Gasteiger partial charge in [-0.15, -0.1) is 0 Å². The number of hydrogen-bond acceptors (Lipinski definition) is 6. The van der Waals surface area contributed by atoms with Crippen LogP contribution in [0.1, 0.15) is 25.8 Å². The summed E-state index contributed by atoms with van der Waals surface area (Å²) in [5, 5.41) is 35.0. The molecular formula is C16H25N2O4-. The summed E-state index contributed by atoms with van der Waals surface area (Å²) < 4.78 is 5.67. The largest absolute Gasteiger partial charge is 0.758 e. The maximum absolute atomic E-state index is 11.6. The number of nitrogens with zero attached hydrogens (tertiary/aromatic N) is 1. The summed E-state index contributed by atoms with van der Waals surface area (Å²) in [4.78, 5) is 0. The Kier molecular flexibility index (Phi) is 6.02. The summed E-state index contributed by atoms with van der Waals surface area (Å²) in [6.45, 7) is 4.73. The fraction of sp³-hybridized carbons (Fsp3) is 0.625. The number of hydroxylamine groups is 1. The molecule has 3 N–H and O–H groups in total. The second kappa shape index (κ2) is 7.78. The number of anilines is 1. The van der Waals surface area contributed by atoms with Crippen LogP contribution in [0.15, 0.2) is 18.2 Å². The van der Waals surface area contributed by atoms with Crippen molar-refractivity contribution < 1.29 is 14.9 Å². The number of ether oxygens (including phenoxy) is 1. The first-order chi connectivity index (χ1) is 10.5. The fourth-order valence-electron chi connectivity index (χ4n) is 2.69. The van der Waals surface area contributed by atoms with E-state index in [-0.39, 0.29) is 18.8 Å². The smallest absolute Gasteiger partial charge is 0.124 e. The Morgan fingerprint density at radius 2 is 2.14 bits per heavy atom. The standard InChI is InChI=1S/C16H25N2O4/c1-11(8-12(2)19)17-9-13(20)10-22-16-5-3-4-15-14(16)6-7-18(15)21/h3-5,11-13,17,19-20H,6-10H2,1-2H3/q-1. The van der Waals surface area contributed by atoms with E-state index < -0.39 is 6.10 Å². The summed E-state index contributed by atoms with van der Waals surface area (Å²) in [6.07, 6.45) is 0.309. The summed E-state index contributed by atoms with van der Waals surface area (Å²) in [6, 6.07) is 5.54. The third-order valence-corrected chi connectivity index (χ3v) is 3.77. The molecule has 1 aliphatic rings. The van der Waals surface area contributed by atoms with Crippen LogP contribution in [0.2, 0.25) is 0 Å². The molecule has 0 saturated heterocycles. The van der Waals surface area contributed by atoms with Gasteiger partial charge in [-0.1, -0.05) is 6.07 Å². The van der Waals surface area contributed by atoms with Crippen LogP contribution in [0.5, 0.6) is 5.75 Å². The van der Waals surface area contributed by atoms with Crippen molar-refractivity contribution in [3.63, 3.8) is 0 Å². The quantitative estimate of drug-likeness (QED) is 0.665. The zero-order chi connectivity index (χ0) is 16.1.